The molecule has 2 N–H and O–H groups in total. The Bertz CT molecular complexity index is 1350. The third-order valence-corrected chi connectivity index (χ3v) is 7.62. The van der Waals surface area contributed by atoms with Crippen molar-refractivity contribution in [3.05, 3.63) is 65.2 Å². The molecule has 0 saturated heterocycles. The maximum Gasteiger partial charge on any atom is 0.410 e. The Morgan fingerprint density at radius 1 is 1.00 bits per heavy atom. The highest BCUT2D eigenvalue weighted by Gasteiger charge is 2.38. The number of carbonyl (C=O) groups excluding carboxylic acids is 4. The van der Waals surface area contributed by atoms with Crippen molar-refractivity contribution in [2.45, 2.75) is 91.3 Å². The lowest BCUT2D eigenvalue weighted by Crippen LogP contribution is -2.51. The minimum atomic E-state index is -1.31. The molecule has 2 unspecified atom stereocenters. The molecule has 3 rings (SSSR count). The minimum Gasteiger partial charge on any atom is -0.489 e. The smallest absolute Gasteiger partial charge is 0.410 e. The first-order valence-corrected chi connectivity index (χ1v) is 16.0. The van der Waals surface area contributed by atoms with E-state index in [9.17, 15) is 19.2 Å². The summed E-state index contributed by atoms with van der Waals surface area (Å²) >= 11 is 0. The quantitative estimate of drug-likeness (QED) is 0.235. The molecule has 2 aromatic carbocycles. The van der Waals surface area contributed by atoms with Gasteiger partial charge in [-0.25, -0.2) is 14.4 Å². The summed E-state index contributed by atoms with van der Waals surface area (Å²) in [6, 6.07) is 13.6. The third-order valence-electron chi connectivity index (χ3n) is 7.62. The molecule has 0 radical (unpaired) electrons. The molecule has 0 fully saturated rings. The number of benzene rings is 2. The molecule has 0 aromatic heterocycles. The number of hydrogen-bond acceptors (Lipinski definition) is 9. The Hall–Kier alpha value is -4.32. The number of amides is 3. The van der Waals surface area contributed by atoms with Crippen LogP contribution in [0.3, 0.4) is 0 Å². The summed E-state index contributed by atoms with van der Waals surface area (Å²) in [4.78, 5) is 55.7. The number of fused-ring (bicyclic) bond motifs is 1. The number of ether oxygens (including phenoxy) is 4. The van der Waals surface area contributed by atoms with Gasteiger partial charge >= 0.3 is 18.2 Å². The van der Waals surface area contributed by atoms with Crippen molar-refractivity contribution in [3.63, 3.8) is 0 Å². The number of rotatable bonds is 13. The summed E-state index contributed by atoms with van der Waals surface area (Å²) in [5.41, 5.74) is 1.75. The van der Waals surface area contributed by atoms with Crippen molar-refractivity contribution < 1.29 is 38.1 Å². The Morgan fingerprint density at radius 2 is 1.68 bits per heavy atom. The molecule has 258 valence electrons. The van der Waals surface area contributed by atoms with Crippen LogP contribution in [0.5, 0.6) is 5.75 Å². The molecule has 12 heteroatoms. The summed E-state index contributed by atoms with van der Waals surface area (Å²) in [6.45, 7) is 14.5. The van der Waals surface area contributed by atoms with Crippen LogP contribution in [0, 0.1) is 0 Å². The lowest BCUT2D eigenvalue weighted by Gasteiger charge is -2.36. The van der Waals surface area contributed by atoms with E-state index < -0.39 is 42.4 Å². The molecule has 47 heavy (non-hydrogen) atoms. The third kappa shape index (κ3) is 11.2. The molecule has 1 aliphatic rings. The van der Waals surface area contributed by atoms with E-state index in [4.69, 9.17) is 18.9 Å². The van der Waals surface area contributed by atoms with E-state index >= 15 is 0 Å². The lowest BCUT2D eigenvalue weighted by molar-refractivity contribution is -0.144. The SMILES string of the molecule is COC(=O)C(COC(=O)N1CCc2cc(OCc3ccccc3)ccc2C1C(=O)NCCN(C(C)C)C(C)C)NC(=O)OC(C)(C)C. The van der Waals surface area contributed by atoms with Crippen molar-refractivity contribution in [1.29, 1.82) is 0 Å². The van der Waals surface area contributed by atoms with Crippen LogP contribution in [-0.2, 0) is 36.8 Å². The number of nitrogens with one attached hydrogen (secondary N) is 2. The van der Waals surface area contributed by atoms with E-state index in [0.717, 1.165) is 18.2 Å². The molecular formula is C35H50N4O8. The van der Waals surface area contributed by atoms with Gasteiger partial charge in [-0.1, -0.05) is 36.4 Å². The first kappa shape index (κ1) is 37.1. The number of nitrogens with zero attached hydrogens (tertiary/aromatic N) is 2. The van der Waals surface area contributed by atoms with Crippen molar-refractivity contribution in [2.75, 3.05) is 33.4 Å². The van der Waals surface area contributed by atoms with Gasteiger partial charge in [-0.15, -0.1) is 0 Å². The molecule has 1 heterocycles. The van der Waals surface area contributed by atoms with Crippen LogP contribution >= 0.6 is 0 Å². The molecule has 0 spiro atoms. The number of hydrogen-bond donors (Lipinski definition) is 2. The van der Waals surface area contributed by atoms with Crippen molar-refractivity contribution in [1.82, 2.24) is 20.4 Å². The Morgan fingerprint density at radius 3 is 2.30 bits per heavy atom. The molecule has 0 bridgehead atoms. The second-order valence-corrected chi connectivity index (χ2v) is 13.0. The average molecular weight is 655 g/mol. The van der Waals surface area contributed by atoms with Gasteiger partial charge in [0.25, 0.3) is 0 Å². The Kier molecular flexibility index (Phi) is 13.4. The largest absolute Gasteiger partial charge is 0.489 e. The van der Waals surface area contributed by atoms with Gasteiger partial charge in [0.1, 0.15) is 30.6 Å². The van der Waals surface area contributed by atoms with Gasteiger partial charge in [0.15, 0.2) is 6.04 Å². The van der Waals surface area contributed by atoms with E-state index in [2.05, 4.69) is 43.2 Å². The predicted molar refractivity (Wildman–Crippen MR) is 177 cm³/mol. The normalized spacial score (nSPS) is 15.1. The molecule has 1 aliphatic heterocycles. The van der Waals surface area contributed by atoms with Crippen LogP contribution in [0.4, 0.5) is 9.59 Å². The first-order chi connectivity index (χ1) is 22.2. The highest BCUT2D eigenvalue weighted by molar-refractivity contribution is 5.88. The lowest BCUT2D eigenvalue weighted by atomic mass is 9.92. The molecule has 0 aliphatic carbocycles. The van der Waals surface area contributed by atoms with E-state index in [0.29, 0.717) is 49.5 Å². The number of carbonyl (C=O) groups is 4. The van der Waals surface area contributed by atoms with E-state index in [1.54, 1.807) is 32.9 Å². The summed E-state index contributed by atoms with van der Waals surface area (Å²) in [5, 5.41) is 5.40. The van der Waals surface area contributed by atoms with Crippen molar-refractivity contribution >= 4 is 24.1 Å². The van der Waals surface area contributed by atoms with Crippen molar-refractivity contribution in [3.8, 4) is 5.75 Å². The van der Waals surface area contributed by atoms with Crippen LogP contribution in [0.2, 0.25) is 0 Å². The second-order valence-electron chi connectivity index (χ2n) is 13.0. The number of methoxy groups -OCH3 is 1. The highest BCUT2D eigenvalue weighted by atomic mass is 16.6. The van der Waals surface area contributed by atoms with E-state index in [1.807, 2.05) is 36.4 Å². The second kappa shape index (κ2) is 17.0. The van der Waals surface area contributed by atoms with Crippen LogP contribution < -0.4 is 15.4 Å². The summed E-state index contributed by atoms with van der Waals surface area (Å²) in [5.74, 6) is -0.518. The molecule has 3 amide bonds. The monoisotopic (exact) mass is 654 g/mol. The molecule has 2 atom stereocenters. The van der Waals surface area contributed by atoms with Crippen LogP contribution in [0.25, 0.3) is 0 Å². The fourth-order valence-corrected chi connectivity index (χ4v) is 5.43. The predicted octanol–water partition coefficient (Wildman–Crippen LogP) is 4.60. The topological polar surface area (TPSA) is 136 Å². The van der Waals surface area contributed by atoms with Crippen LogP contribution in [0.1, 0.15) is 71.2 Å². The maximum atomic E-state index is 13.8. The van der Waals surface area contributed by atoms with Crippen molar-refractivity contribution in [2.24, 2.45) is 0 Å². The molecule has 0 saturated carbocycles. The zero-order chi connectivity index (χ0) is 34.7. The Labute approximate surface area is 278 Å². The molecule has 2 aromatic rings. The number of esters is 1. The zero-order valence-electron chi connectivity index (χ0n) is 28.8. The van der Waals surface area contributed by atoms with E-state index in [-0.39, 0.29) is 12.5 Å². The maximum absolute atomic E-state index is 13.8. The number of alkyl carbamates (subject to hydrolysis) is 1. The average Bonchev–Trinajstić information content (AvgIpc) is 3.01. The summed E-state index contributed by atoms with van der Waals surface area (Å²) in [6.07, 6.45) is -1.23. The zero-order valence-corrected chi connectivity index (χ0v) is 28.8. The summed E-state index contributed by atoms with van der Waals surface area (Å²) in [7, 11) is 1.16. The minimum absolute atomic E-state index is 0.179. The first-order valence-electron chi connectivity index (χ1n) is 16.0. The molecule has 12 nitrogen and oxygen atoms in total. The van der Waals surface area contributed by atoms with Gasteiger partial charge in [0, 0.05) is 31.7 Å². The van der Waals surface area contributed by atoms with Gasteiger partial charge in [-0.3, -0.25) is 14.6 Å². The summed E-state index contributed by atoms with van der Waals surface area (Å²) < 4.78 is 21.6. The Balaban J connectivity index is 1.80. The van der Waals surface area contributed by atoms with Gasteiger partial charge in [0.05, 0.1) is 7.11 Å². The standard InChI is InChI=1S/C35H50N4O8/c1-23(2)38(24(3)4)19-17-36-31(40)30-28-15-14-27(45-21-25-12-10-9-11-13-25)20-26(28)16-18-39(30)34(43)46-22-29(32(41)44-8)37-33(42)47-35(5,6)7/h9-15,20,23-24,29-30H,16-19,21-22H2,1-8H3,(H,36,40)(H,37,42). The van der Waals surface area contributed by atoms with E-state index in [1.165, 1.54) is 4.90 Å². The van der Waals surface area contributed by atoms with Crippen LogP contribution in [-0.4, -0.2) is 90.9 Å². The highest BCUT2D eigenvalue weighted by Crippen LogP contribution is 2.33. The van der Waals surface area contributed by atoms with Gasteiger partial charge in [-0.05, 0) is 83.7 Å². The van der Waals surface area contributed by atoms with Gasteiger partial charge in [-0.2, -0.15) is 0 Å². The fraction of sp³-hybridized carbons (Fsp3) is 0.543. The van der Waals surface area contributed by atoms with Crippen LogP contribution in [0.15, 0.2) is 48.5 Å². The van der Waals surface area contributed by atoms with Gasteiger partial charge < -0.3 is 29.6 Å². The fourth-order valence-electron chi connectivity index (χ4n) is 5.43. The van der Waals surface area contributed by atoms with Gasteiger partial charge in [0.2, 0.25) is 5.91 Å². The molecular weight excluding hydrogens is 604 g/mol.